The van der Waals surface area contributed by atoms with E-state index in [1.165, 1.54) is 0 Å². The molecule has 156 valence electrons. The van der Waals surface area contributed by atoms with Gasteiger partial charge in [0.1, 0.15) is 5.75 Å². The second-order valence-corrected chi connectivity index (χ2v) is 6.64. The summed E-state index contributed by atoms with van der Waals surface area (Å²) in [4.78, 5) is 28.5. The molecule has 1 N–H and O–H groups in total. The van der Waals surface area contributed by atoms with Gasteiger partial charge in [-0.05, 0) is 44.5 Å². The predicted octanol–water partition coefficient (Wildman–Crippen LogP) is 3.84. The molecule has 0 aliphatic rings. The number of amides is 3. The van der Waals surface area contributed by atoms with E-state index in [0.717, 1.165) is 22.6 Å². The lowest BCUT2D eigenvalue weighted by Crippen LogP contribution is -2.39. The van der Waals surface area contributed by atoms with Crippen molar-refractivity contribution in [1.82, 2.24) is 10.2 Å². The maximum atomic E-state index is 12.7. The minimum absolute atomic E-state index is 0.109. The fourth-order valence-corrected chi connectivity index (χ4v) is 3.19. The molecule has 0 radical (unpaired) electrons. The van der Waals surface area contributed by atoms with Gasteiger partial charge in [0, 0.05) is 30.9 Å². The number of nitrogens with zero attached hydrogens (tertiary/aromatic N) is 2. The minimum atomic E-state index is -0.176. The Balaban J connectivity index is 2.23. The zero-order chi connectivity index (χ0) is 21.2. The number of hydrogen-bond acceptors (Lipinski definition) is 3. The van der Waals surface area contributed by atoms with Crippen molar-refractivity contribution in [3.8, 4) is 5.75 Å². The summed E-state index contributed by atoms with van der Waals surface area (Å²) in [5, 5.41) is 2.86. The van der Waals surface area contributed by atoms with Crippen LogP contribution in [0.2, 0.25) is 0 Å². The van der Waals surface area contributed by atoms with Crippen LogP contribution in [0.4, 0.5) is 10.5 Å². The molecule has 0 spiro atoms. The predicted molar refractivity (Wildman–Crippen MR) is 116 cm³/mol. The van der Waals surface area contributed by atoms with Gasteiger partial charge in [0.25, 0.3) is 0 Å². The second kappa shape index (κ2) is 11.1. The normalized spacial score (nSPS) is 10.3. The molecule has 29 heavy (non-hydrogen) atoms. The topological polar surface area (TPSA) is 61.9 Å². The molecule has 0 fully saturated rings. The van der Waals surface area contributed by atoms with Crippen LogP contribution in [-0.4, -0.2) is 43.6 Å². The zero-order valence-corrected chi connectivity index (χ0v) is 17.8. The Morgan fingerprint density at radius 3 is 2.21 bits per heavy atom. The number of methoxy groups -OCH3 is 1. The summed E-state index contributed by atoms with van der Waals surface area (Å²) in [5.74, 6) is 0.848. The first-order chi connectivity index (χ1) is 14.0. The van der Waals surface area contributed by atoms with Crippen molar-refractivity contribution in [2.45, 2.75) is 33.7 Å². The lowest BCUT2D eigenvalue weighted by atomic mass is 10.1. The first kappa shape index (κ1) is 22.3. The monoisotopic (exact) mass is 397 g/mol. The van der Waals surface area contributed by atoms with E-state index in [2.05, 4.69) is 5.32 Å². The van der Waals surface area contributed by atoms with Gasteiger partial charge in [-0.25, -0.2) is 4.79 Å². The smallest absolute Gasteiger partial charge is 0.322 e. The summed E-state index contributed by atoms with van der Waals surface area (Å²) in [6.07, 6.45) is 0.357. The number of anilines is 1. The highest BCUT2D eigenvalue weighted by Crippen LogP contribution is 2.24. The van der Waals surface area contributed by atoms with Crippen LogP contribution < -0.4 is 15.0 Å². The summed E-state index contributed by atoms with van der Waals surface area (Å²) in [6.45, 7) is 8.18. The Kier molecular flexibility index (Phi) is 8.52. The Bertz CT molecular complexity index is 801. The van der Waals surface area contributed by atoms with Gasteiger partial charge < -0.3 is 15.0 Å². The van der Waals surface area contributed by atoms with E-state index in [1.807, 2.05) is 74.2 Å². The SMILES string of the molecule is CCNC(=O)N(Cc1ccccc1OC)c1ccc(CC(=O)N(CC)CC)cc1. The van der Waals surface area contributed by atoms with Gasteiger partial charge in [-0.3, -0.25) is 9.69 Å². The van der Waals surface area contributed by atoms with E-state index in [1.54, 1.807) is 12.0 Å². The Morgan fingerprint density at radius 2 is 1.62 bits per heavy atom. The van der Waals surface area contributed by atoms with Crippen LogP contribution in [0, 0.1) is 0 Å². The van der Waals surface area contributed by atoms with Crippen molar-refractivity contribution in [3.05, 3.63) is 59.7 Å². The van der Waals surface area contributed by atoms with Gasteiger partial charge in [-0.1, -0.05) is 30.3 Å². The van der Waals surface area contributed by atoms with Crippen LogP contribution in [0.25, 0.3) is 0 Å². The fraction of sp³-hybridized carbons (Fsp3) is 0.391. The van der Waals surface area contributed by atoms with E-state index in [0.29, 0.717) is 32.6 Å². The molecule has 0 heterocycles. The van der Waals surface area contributed by atoms with Crippen molar-refractivity contribution >= 4 is 17.6 Å². The number of hydrogen-bond donors (Lipinski definition) is 1. The summed E-state index contributed by atoms with van der Waals surface area (Å²) in [5.41, 5.74) is 2.61. The number of para-hydroxylation sites is 1. The van der Waals surface area contributed by atoms with Crippen LogP contribution in [0.1, 0.15) is 31.9 Å². The molecule has 2 rings (SSSR count). The zero-order valence-electron chi connectivity index (χ0n) is 17.8. The van der Waals surface area contributed by atoms with Crippen molar-refractivity contribution in [2.24, 2.45) is 0 Å². The molecule has 0 aliphatic carbocycles. The lowest BCUT2D eigenvalue weighted by Gasteiger charge is -2.24. The molecule has 0 saturated heterocycles. The van der Waals surface area contributed by atoms with Gasteiger partial charge in [0.15, 0.2) is 0 Å². The summed E-state index contributed by atoms with van der Waals surface area (Å²) < 4.78 is 5.43. The largest absolute Gasteiger partial charge is 0.496 e. The number of carbonyl (C=O) groups is 2. The molecular formula is C23H31N3O3. The molecule has 0 bridgehead atoms. The van der Waals surface area contributed by atoms with Crippen molar-refractivity contribution in [1.29, 1.82) is 0 Å². The number of likely N-dealkylation sites (N-methyl/N-ethyl adjacent to an activating group) is 1. The maximum absolute atomic E-state index is 12.7. The van der Waals surface area contributed by atoms with E-state index in [4.69, 9.17) is 4.74 Å². The van der Waals surface area contributed by atoms with E-state index < -0.39 is 0 Å². The molecule has 0 unspecified atom stereocenters. The van der Waals surface area contributed by atoms with E-state index >= 15 is 0 Å². The van der Waals surface area contributed by atoms with Crippen LogP contribution in [0.3, 0.4) is 0 Å². The standard InChI is InChI=1S/C23H31N3O3/c1-5-24-23(28)26(17-19-10-8-9-11-21(19)29-4)20-14-12-18(13-15-20)16-22(27)25(6-2)7-3/h8-15H,5-7,16-17H2,1-4H3,(H,24,28). The Morgan fingerprint density at radius 1 is 0.966 bits per heavy atom. The van der Waals surface area contributed by atoms with E-state index in [9.17, 15) is 9.59 Å². The molecule has 3 amide bonds. The van der Waals surface area contributed by atoms with Crippen LogP contribution in [-0.2, 0) is 17.8 Å². The van der Waals surface area contributed by atoms with Crippen LogP contribution in [0.5, 0.6) is 5.75 Å². The minimum Gasteiger partial charge on any atom is -0.496 e. The number of rotatable bonds is 9. The fourth-order valence-electron chi connectivity index (χ4n) is 3.19. The summed E-state index contributed by atoms with van der Waals surface area (Å²) in [6, 6.07) is 15.1. The van der Waals surface area contributed by atoms with Gasteiger partial charge in [0.05, 0.1) is 20.1 Å². The Labute approximate surface area is 173 Å². The molecule has 0 atom stereocenters. The molecular weight excluding hydrogens is 366 g/mol. The molecule has 2 aromatic carbocycles. The highest BCUT2D eigenvalue weighted by molar-refractivity contribution is 5.92. The first-order valence-electron chi connectivity index (χ1n) is 10.1. The van der Waals surface area contributed by atoms with Crippen LogP contribution >= 0.6 is 0 Å². The number of ether oxygens (including phenoxy) is 1. The maximum Gasteiger partial charge on any atom is 0.322 e. The van der Waals surface area contributed by atoms with Crippen molar-refractivity contribution in [3.63, 3.8) is 0 Å². The molecule has 0 aliphatic heterocycles. The third-order valence-corrected chi connectivity index (χ3v) is 4.81. The number of nitrogens with one attached hydrogen (secondary N) is 1. The molecule has 6 heteroatoms. The van der Waals surface area contributed by atoms with Crippen molar-refractivity contribution < 1.29 is 14.3 Å². The lowest BCUT2D eigenvalue weighted by molar-refractivity contribution is -0.130. The molecule has 0 saturated carbocycles. The van der Waals surface area contributed by atoms with Gasteiger partial charge in [-0.2, -0.15) is 0 Å². The second-order valence-electron chi connectivity index (χ2n) is 6.64. The highest BCUT2D eigenvalue weighted by Gasteiger charge is 2.18. The number of benzene rings is 2. The molecule has 6 nitrogen and oxygen atoms in total. The van der Waals surface area contributed by atoms with Crippen molar-refractivity contribution in [2.75, 3.05) is 31.6 Å². The summed E-state index contributed by atoms with van der Waals surface area (Å²) >= 11 is 0. The van der Waals surface area contributed by atoms with Gasteiger partial charge in [0.2, 0.25) is 5.91 Å². The number of carbonyl (C=O) groups excluding carboxylic acids is 2. The third-order valence-electron chi connectivity index (χ3n) is 4.81. The van der Waals surface area contributed by atoms with Crippen LogP contribution in [0.15, 0.2) is 48.5 Å². The molecule has 2 aromatic rings. The van der Waals surface area contributed by atoms with E-state index in [-0.39, 0.29) is 11.9 Å². The third kappa shape index (κ3) is 5.98. The van der Waals surface area contributed by atoms with Gasteiger partial charge in [-0.15, -0.1) is 0 Å². The average molecular weight is 398 g/mol. The first-order valence-corrected chi connectivity index (χ1v) is 10.1. The summed E-state index contributed by atoms with van der Waals surface area (Å²) in [7, 11) is 1.62. The van der Waals surface area contributed by atoms with Gasteiger partial charge >= 0.3 is 6.03 Å². The molecule has 0 aromatic heterocycles. The highest BCUT2D eigenvalue weighted by atomic mass is 16.5. The number of urea groups is 1. The average Bonchev–Trinajstić information content (AvgIpc) is 2.74. The quantitative estimate of drug-likeness (QED) is 0.699. The Hall–Kier alpha value is -3.02.